The summed E-state index contributed by atoms with van der Waals surface area (Å²) in [6, 6.07) is 8.35. The number of nitrogens with zero attached hydrogens (tertiary/aromatic N) is 1. The monoisotopic (exact) mass is 289 g/mol. The molecule has 5 nitrogen and oxygen atoms in total. The first-order valence-corrected chi connectivity index (χ1v) is 7.11. The summed E-state index contributed by atoms with van der Waals surface area (Å²) in [5.74, 6) is -1.13. The molecule has 5 heteroatoms. The van der Waals surface area contributed by atoms with Crippen LogP contribution in [0.25, 0.3) is 0 Å². The smallest absolute Gasteiger partial charge is 0.334 e. The van der Waals surface area contributed by atoms with E-state index in [2.05, 4.69) is 0 Å². The van der Waals surface area contributed by atoms with Crippen molar-refractivity contribution >= 4 is 5.97 Å². The standard InChI is InChI=1S/C16H19NO4/c1-3-21-16(18)13-10-9-11(2)15(17(19)20)14(13)12-7-5-4-6-8-12/h4-8,10-11,14-15H,3,9H2,1-2H3/t11-,14-,15-/m1/s1. The third-order valence-electron chi connectivity index (χ3n) is 3.88. The van der Waals surface area contributed by atoms with Crippen molar-refractivity contribution in [2.45, 2.75) is 32.2 Å². The van der Waals surface area contributed by atoms with Gasteiger partial charge in [0.2, 0.25) is 6.04 Å². The van der Waals surface area contributed by atoms with E-state index in [1.54, 1.807) is 13.0 Å². The lowest BCUT2D eigenvalue weighted by Gasteiger charge is -2.30. The van der Waals surface area contributed by atoms with E-state index in [1.165, 1.54) is 0 Å². The molecule has 3 atom stereocenters. The molecule has 0 fully saturated rings. The fourth-order valence-corrected chi connectivity index (χ4v) is 2.88. The molecule has 0 heterocycles. The molecule has 0 aliphatic heterocycles. The zero-order valence-electron chi connectivity index (χ0n) is 12.2. The van der Waals surface area contributed by atoms with E-state index in [0.717, 1.165) is 5.56 Å². The lowest BCUT2D eigenvalue weighted by molar-refractivity contribution is -0.534. The van der Waals surface area contributed by atoms with Gasteiger partial charge in [-0.15, -0.1) is 0 Å². The van der Waals surface area contributed by atoms with Gasteiger partial charge in [0.1, 0.15) is 0 Å². The van der Waals surface area contributed by atoms with E-state index < -0.39 is 17.9 Å². The number of ether oxygens (including phenoxy) is 1. The average Bonchev–Trinajstić information content (AvgIpc) is 2.47. The highest BCUT2D eigenvalue weighted by atomic mass is 16.6. The van der Waals surface area contributed by atoms with Gasteiger partial charge in [0.05, 0.1) is 12.5 Å². The second-order valence-corrected chi connectivity index (χ2v) is 5.26. The van der Waals surface area contributed by atoms with E-state index in [1.807, 2.05) is 37.3 Å². The van der Waals surface area contributed by atoms with Crippen LogP contribution in [0.5, 0.6) is 0 Å². The zero-order chi connectivity index (χ0) is 15.4. The Bertz CT molecular complexity index is 553. The summed E-state index contributed by atoms with van der Waals surface area (Å²) in [5, 5.41) is 11.5. The van der Waals surface area contributed by atoms with E-state index in [4.69, 9.17) is 4.74 Å². The normalized spacial score (nSPS) is 25.0. The molecule has 0 saturated heterocycles. The average molecular weight is 289 g/mol. The first-order chi connectivity index (χ1) is 10.1. The van der Waals surface area contributed by atoms with Gasteiger partial charge in [0.25, 0.3) is 0 Å². The summed E-state index contributed by atoms with van der Waals surface area (Å²) in [6.45, 7) is 3.84. The summed E-state index contributed by atoms with van der Waals surface area (Å²) in [7, 11) is 0. The fourth-order valence-electron chi connectivity index (χ4n) is 2.88. The first kappa shape index (κ1) is 15.2. The number of carbonyl (C=O) groups is 1. The summed E-state index contributed by atoms with van der Waals surface area (Å²) >= 11 is 0. The van der Waals surface area contributed by atoms with Crippen molar-refractivity contribution in [3.05, 3.63) is 57.7 Å². The van der Waals surface area contributed by atoms with Crippen molar-refractivity contribution in [3.8, 4) is 0 Å². The predicted molar refractivity (Wildman–Crippen MR) is 78.5 cm³/mol. The molecule has 112 valence electrons. The van der Waals surface area contributed by atoms with Crippen LogP contribution < -0.4 is 0 Å². The molecule has 0 unspecified atom stereocenters. The molecule has 1 aromatic rings. The minimum absolute atomic E-state index is 0.122. The minimum atomic E-state index is -0.809. The molecule has 2 rings (SSSR count). The van der Waals surface area contributed by atoms with Gasteiger partial charge in [0.15, 0.2) is 0 Å². The maximum atomic E-state index is 12.1. The Morgan fingerprint density at radius 1 is 1.38 bits per heavy atom. The zero-order valence-corrected chi connectivity index (χ0v) is 12.2. The molecule has 1 aromatic carbocycles. The van der Waals surface area contributed by atoms with Crippen LogP contribution in [-0.4, -0.2) is 23.5 Å². The molecule has 0 spiro atoms. The van der Waals surface area contributed by atoms with Crippen LogP contribution in [0.1, 0.15) is 31.7 Å². The van der Waals surface area contributed by atoms with Crippen molar-refractivity contribution in [1.29, 1.82) is 0 Å². The number of allylic oxidation sites excluding steroid dienone is 1. The van der Waals surface area contributed by atoms with E-state index in [9.17, 15) is 14.9 Å². The number of carbonyl (C=O) groups excluding carboxylic acids is 1. The number of rotatable bonds is 4. The lowest BCUT2D eigenvalue weighted by atomic mass is 9.74. The molecule has 1 aliphatic rings. The van der Waals surface area contributed by atoms with Crippen LogP contribution in [0.2, 0.25) is 0 Å². The fraction of sp³-hybridized carbons (Fsp3) is 0.438. The third kappa shape index (κ3) is 3.12. The summed E-state index contributed by atoms with van der Waals surface area (Å²) in [6.07, 6.45) is 2.31. The molecule has 21 heavy (non-hydrogen) atoms. The van der Waals surface area contributed by atoms with Crippen LogP contribution in [0, 0.1) is 16.0 Å². The first-order valence-electron chi connectivity index (χ1n) is 7.11. The van der Waals surface area contributed by atoms with E-state index in [0.29, 0.717) is 12.0 Å². The van der Waals surface area contributed by atoms with Crippen molar-refractivity contribution in [2.24, 2.45) is 5.92 Å². The maximum absolute atomic E-state index is 12.1. The molecular formula is C16H19NO4. The summed E-state index contributed by atoms with van der Waals surface area (Å²) in [5.41, 5.74) is 1.19. The molecule has 0 aromatic heterocycles. The largest absolute Gasteiger partial charge is 0.463 e. The molecule has 0 N–H and O–H groups in total. The highest BCUT2D eigenvalue weighted by Gasteiger charge is 2.44. The Labute approximate surface area is 123 Å². The Morgan fingerprint density at radius 2 is 2.05 bits per heavy atom. The Balaban J connectivity index is 2.47. The minimum Gasteiger partial charge on any atom is -0.463 e. The van der Waals surface area contributed by atoms with Crippen LogP contribution >= 0.6 is 0 Å². The molecule has 0 radical (unpaired) electrons. The maximum Gasteiger partial charge on any atom is 0.334 e. The van der Waals surface area contributed by atoms with Gasteiger partial charge in [-0.1, -0.05) is 43.3 Å². The Hall–Kier alpha value is -2.17. The Morgan fingerprint density at radius 3 is 2.62 bits per heavy atom. The Kier molecular flexibility index (Phi) is 4.73. The van der Waals surface area contributed by atoms with Crippen LogP contribution in [0.3, 0.4) is 0 Å². The quantitative estimate of drug-likeness (QED) is 0.485. The molecule has 0 amide bonds. The third-order valence-corrected chi connectivity index (χ3v) is 3.88. The van der Waals surface area contributed by atoms with Gasteiger partial charge in [-0.05, 0) is 18.9 Å². The van der Waals surface area contributed by atoms with Gasteiger partial charge in [-0.3, -0.25) is 10.1 Å². The van der Waals surface area contributed by atoms with Gasteiger partial charge in [-0.25, -0.2) is 4.79 Å². The highest BCUT2D eigenvalue weighted by molar-refractivity contribution is 5.90. The number of nitro groups is 1. The van der Waals surface area contributed by atoms with Crippen molar-refractivity contribution in [1.82, 2.24) is 0 Å². The van der Waals surface area contributed by atoms with Crippen molar-refractivity contribution < 1.29 is 14.5 Å². The molecule has 0 bridgehead atoms. The molecule has 0 saturated carbocycles. The lowest BCUT2D eigenvalue weighted by Crippen LogP contribution is -2.39. The van der Waals surface area contributed by atoms with Crippen molar-refractivity contribution in [3.63, 3.8) is 0 Å². The van der Waals surface area contributed by atoms with Crippen LogP contribution in [0.15, 0.2) is 42.0 Å². The summed E-state index contributed by atoms with van der Waals surface area (Å²) in [4.78, 5) is 23.4. The van der Waals surface area contributed by atoms with E-state index >= 15 is 0 Å². The van der Waals surface area contributed by atoms with Gasteiger partial charge in [0, 0.05) is 16.4 Å². The second kappa shape index (κ2) is 6.52. The summed E-state index contributed by atoms with van der Waals surface area (Å²) < 4.78 is 5.07. The molecular weight excluding hydrogens is 270 g/mol. The van der Waals surface area contributed by atoms with Gasteiger partial charge in [-0.2, -0.15) is 0 Å². The van der Waals surface area contributed by atoms with E-state index in [-0.39, 0.29) is 17.4 Å². The number of benzene rings is 1. The van der Waals surface area contributed by atoms with Gasteiger partial charge >= 0.3 is 5.97 Å². The van der Waals surface area contributed by atoms with Crippen LogP contribution in [0.4, 0.5) is 0 Å². The van der Waals surface area contributed by atoms with Crippen LogP contribution in [-0.2, 0) is 9.53 Å². The second-order valence-electron chi connectivity index (χ2n) is 5.26. The number of hydrogen-bond acceptors (Lipinski definition) is 4. The molecule has 1 aliphatic carbocycles. The number of hydrogen-bond donors (Lipinski definition) is 0. The predicted octanol–water partition coefficient (Wildman–Crippen LogP) is 2.94. The number of esters is 1. The SMILES string of the molecule is CCOC(=O)C1=CC[C@@H](C)[C@@H]([N+](=O)[O-])[C@@H]1c1ccccc1. The highest BCUT2D eigenvalue weighted by Crippen LogP contribution is 2.39. The van der Waals surface area contributed by atoms with Gasteiger partial charge < -0.3 is 4.74 Å². The van der Waals surface area contributed by atoms with Crippen molar-refractivity contribution in [2.75, 3.05) is 6.61 Å². The topological polar surface area (TPSA) is 69.4 Å².